The third-order valence-corrected chi connectivity index (χ3v) is 3.18. The van der Waals surface area contributed by atoms with Gasteiger partial charge in [0.2, 0.25) is 0 Å². The summed E-state index contributed by atoms with van der Waals surface area (Å²) in [5.74, 6) is 0.273. The van der Waals surface area contributed by atoms with Crippen LogP contribution in [-0.2, 0) is 0 Å². The first-order valence-electron chi connectivity index (χ1n) is 5.53. The molecular weight excluding hydrogens is 186 g/mol. The van der Waals surface area contributed by atoms with Crippen molar-refractivity contribution in [2.75, 3.05) is 13.1 Å². The maximum atomic E-state index is 12.3. The molecule has 15 heavy (non-hydrogen) atoms. The van der Waals surface area contributed by atoms with Crippen LogP contribution in [0.15, 0.2) is 30.3 Å². The molecule has 0 radical (unpaired) electrons. The number of nitrogens with one attached hydrogen (secondary N) is 1. The van der Waals surface area contributed by atoms with Crippen molar-refractivity contribution in [1.82, 2.24) is 5.32 Å². The summed E-state index contributed by atoms with van der Waals surface area (Å²) in [4.78, 5) is 12.3. The van der Waals surface area contributed by atoms with Gasteiger partial charge in [0.15, 0.2) is 5.78 Å². The predicted octanol–water partition coefficient (Wildman–Crippen LogP) is 2.26. The molecular formula is C13H17NO. The minimum Gasteiger partial charge on any atom is -0.316 e. The monoisotopic (exact) mass is 203 g/mol. The van der Waals surface area contributed by atoms with Crippen molar-refractivity contribution in [2.45, 2.75) is 19.8 Å². The Morgan fingerprint density at radius 1 is 1.33 bits per heavy atom. The second kappa shape index (κ2) is 4.15. The topological polar surface area (TPSA) is 29.1 Å². The summed E-state index contributed by atoms with van der Waals surface area (Å²) in [6.45, 7) is 3.91. The molecule has 0 amide bonds. The highest BCUT2D eigenvalue weighted by Gasteiger charge is 2.34. The largest absolute Gasteiger partial charge is 0.316 e. The van der Waals surface area contributed by atoms with E-state index in [1.165, 1.54) is 0 Å². The Labute approximate surface area is 90.7 Å². The highest BCUT2D eigenvalue weighted by Crippen LogP contribution is 2.29. The molecule has 2 nitrogen and oxygen atoms in total. The first-order chi connectivity index (χ1) is 7.22. The molecule has 0 aromatic heterocycles. The second-order valence-corrected chi connectivity index (χ2v) is 4.54. The summed E-state index contributed by atoms with van der Waals surface area (Å²) >= 11 is 0. The number of benzene rings is 1. The fourth-order valence-electron chi connectivity index (χ4n) is 2.19. The first kappa shape index (κ1) is 10.4. The number of hydrogen-bond donors (Lipinski definition) is 1. The fraction of sp³-hybridized carbons (Fsp3) is 0.462. The molecule has 0 saturated carbocycles. The maximum Gasteiger partial charge on any atom is 0.169 e. The van der Waals surface area contributed by atoms with Crippen LogP contribution < -0.4 is 5.32 Å². The number of piperidine rings is 1. The van der Waals surface area contributed by atoms with Gasteiger partial charge in [-0.15, -0.1) is 0 Å². The summed E-state index contributed by atoms with van der Waals surface area (Å²) in [6.07, 6.45) is 2.09. The van der Waals surface area contributed by atoms with E-state index in [2.05, 4.69) is 12.2 Å². The summed E-state index contributed by atoms with van der Waals surface area (Å²) < 4.78 is 0. The van der Waals surface area contributed by atoms with Crippen LogP contribution >= 0.6 is 0 Å². The lowest BCUT2D eigenvalue weighted by atomic mass is 9.76. The van der Waals surface area contributed by atoms with Gasteiger partial charge >= 0.3 is 0 Å². The Bertz CT molecular complexity index is 339. The zero-order valence-electron chi connectivity index (χ0n) is 9.12. The van der Waals surface area contributed by atoms with E-state index in [4.69, 9.17) is 0 Å². The Balaban J connectivity index is 2.20. The molecule has 0 spiro atoms. The third-order valence-electron chi connectivity index (χ3n) is 3.18. The molecule has 0 aliphatic carbocycles. The standard InChI is InChI=1S/C13H17NO/c1-13(8-5-9-14-10-13)12(15)11-6-3-2-4-7-11/h2-4,6-7,14H,5,8-10H2,1H3. The number of ketones is 1. The van der Waals surface area contributed by atoms with Crippen molar-refractivity contribution in [3.8, 4) is 0 Å². The molecule has 1 atom stereocenters. The number of Topliss-reactive ketones (excluding diaryl/α,β-unsaturated/α-hetero) is 1. The molecule has 1 aromatic carbocycles. The van der Waals surface area contributed by atoms with Gasteiger partial charge in [0.1, 0.15) is 0 Å². The summed E-state index contributed by atoms with van der Waals surface area (Å²) in [6, 6.07) is 9.60. The third kappa shape index (κ3) is 2.10. The molecule has 80 valence electrons. The minimum atomic E-state index is -0.209. The number of carbonyl (C=O) groups is 1. The molecule has 1 aromatic rings. The van der Waals surface area contributed by atoms with E-state index in [1.54, 1.807) is 0 Å². The lowest BCUT2D eigenvalue weighted by molar-refractivity contribution is 0.0773. The van der Waals surface area contributed by atoms with Crippen LogP contribution in [0.3, 0.4) is 0 Å². The average molecular weight is 203 g/mol. The molecule has 1 saturated heterocycles. The van der Waals surface area contributed by atoms with Crippen LogP contribution in [0.4, 0.5) is 0 Å². The van der Waals surface area contributed by atoms with Gasteiger partial charge in [-0.3, -0.25) is 4.79 Å². The molecule has 2 rings (SSSR count). The van der Waals surface area contributed by atoms with Crippen LogP contribution in [0.25, 0.3) is 0 Å². The van der Waals surface area contributed by atoms with Gasteiger partial charge < -0.3 is 5.32 Å². The van der Waals surface area contributed by atoms with Crippen LogP contribution in [0.5, 0.6) is 0 Å². The van der Waals surface area contributed by atoms with Gasteiger partial charge in [0.25, 0.3) is 0 Å². The van der Waals surface area contributed by atoms with E-state index in [-0.39, 0.29) is 11.2 Å². The van der Waals surface area contributed by atoms with E-state index in [1.807, 2.05) is 30.3 Å². The summed E-state index contributed by atoms with van der Waals surface area (Å²) in [5.41, 5.74) is 0.628. The quantitative estimate of drug-likeness (QED) is 0.747. The predicted molar refractivity (Wildman–Crippen MR) is 61.0 cm³/mol. The fourth-order valence-corrected chi connectivity index (χ4v) is 2.19. The second-order valence-electron chi connectivity index (χ2n) is 4.54. The smallest absolute Gasteiger partial charge is 0.169 e. The van der Waals surface area contributed by atoms with Gasteiger partial charge in [0.05, 0.1) is 0 Å². The number of carbonyl (C=O) groups excluding carboxylic acids is 1. The number of hydrogen-bond acceptors (Lipinski definition) is 2. The molecule has 1 heterocycles. The molecule has 1 N–H and O–H groups in total. The maximum absolute atomic E-state index is 12.3. The molecule has 1 aliphatic rings. The average Bonchev–Trinajstić information content (AvgIpc) is 2.30. The van der Waals surface area contributed by atoms with Crippen molar-refractivity contribution in [3.63, 3.8) is 0 Å². The van der Waals surface area contributed by atoms with E-state index in [0.717, 1.165) is 31.5 Å². The van der Waals surface area contributed by atoms with Crippen LogP contribution in [0.1, 0.15) is 30.1 Å². The van der Waals surface area contributed by atoms with Crippen LogP contribution in [-0.4, -0.2) is 18.9 Å². The summed E-state index contributed by atoms with van der Waals surface area (Å²) in [5, 5.41) is 3.31. The molecule has 0 bridgehead atoms. The van der Waals surface area contributed by atoms with Crippen molar-refractivity contribution in [1.29, 1.82) is 0 Å². The Morgan fingerprint density at radius 3 is 2.67 bits per heavy atom. The van der Waals surface area contributed by atoms with Crippen molar-refractivity contribution in [2.24, 2.45) is 5.41 Å². The summed E-state index contributed by atoms with van der Waals surface area (Å²) in [7, 11) is 0. The van der Waals surface area contributed by atoms with Crippen molar-refractivity contribution >= 4 is 5.78 Å². The highest BCUT2D eigenvalue weighted by atomic mass is 16.1. The molecule has 1 fully saturated rings. The molecule has 1 aliphatic heterocycles. The first-order valence-corrected chi connectivity index (χ1v) is 5.53. The van der Waals surface area contributed by atoms with E-state index < -0.39 is 0 Å². The molecule has 2 heteroatoms. The van der Waals surface area contributed by atoms with E-state index in [9.17, 15) is 4.79 Å². The minimum absolute atomic E-state index is 0.209. The Hall–Kier alpha value is -1.15. The Kier molecular flexibility index (Phi) is 2.87. The van der Waals surface area contributed by atoms with Gasteiger partial charge in [0, 0.05) is 17.5 Å². The van der Waals surface area contributed by atoms with Gasteiger partial charge in [-0.2, -0.15) is 0 Å². The van der Waals surface area contributed by atoms with Gasteiger partial charge in [-0.25, -0.2) is 0 Å². The van der Waals surface area contributed by atoms with Crippen LogP contribution in [0, 0.1) is 5.41 Å². The molecule has 1 unspecified atom stereocenters. The number of rotatable bonds is 2. The van der Waals surface area contributed by atoms with Gasteiger partial charge in [-0.05, 0) is 19.4 Å². The van der Waals surface area contributed by atoms with Gasteiger partial charge in [-0.1, -0.05) is 37.3 Å². The zero-order valence-corrected chi connectivity index (χ0v) is 9.12. The highest BCUT2D eigenvalue weighted by molar-refractivity contribution is 6.00. The van der Waals surface area contributed by atoms with E-state index >= 15 is 0 Å². The SMILES string of the molecule is CC1(C(=O)c2ccccc2)CCCNC1. The Morgan fingerprint density at radius 2 is 2.07 bits per heavy atom. The lowest BCUT2D eigenvalue weighted by Gasteiger charge is -2.32. The van der Waals surface area contributed by atoms with Crippen molar-refractivity contribution in [3.05, 3.63) is 35.9 Å². The van der Waals surface area contributed by atoms with Crippen LogP contribution in [0.2, 0.25) is 0 Å². The normalized spacial score (nSPS) is 26.2. The van der Waals surface area contributed by atoms with E-state index in [0.29, 0.717) is 0 Å². The zero-order chi connectivity index (χ0) is 10.7. The van der Waals surface area contributed by atoms with Crippen molar-refractivity contribution < 1.29 is 4.79 Å². The lowest BCUT2D eigenvalue weighted by Crippen LogP contribution is -2.43.